The van der Waals surface area contributed by atoms with Gasteiger partial charge in [-0.15, -0.1) is 0 Å². The average molecular weight is 283 g/mol. The highest BCUT2D eigenvalue weighted by Gasteiger charge is 2.27. The van der Waals surface area contributed by atoms with Gasteiger partial charge in [0.25, 0.3) is 0 Å². The minimum absolute atomic E-state index is 0.0984. The first-order valence-electron chi connectivity index (χ1n) is 4.72. The lowest BCUT2D eigenvalue weighted by atomic mass is 10.2. The third-order valence-corrected chi connectivity index (χ3v) is 2.52. The Balaban J connectivity index is 2.43. The predicted molar refractivity (Wildman–Crippen MR) is 59.6 cm³/mol. The van der Waals surface area contributed by atoms with Gasteiger partial charge in [-0.05, 0) is 30.0 Å². The summed E-state index contributed by atoms with van der Waals surface area (Å²) in [6.45, 7) is -0.408. The SMILES string of the molecule is Nc1ccc(C(=O)OCCSC(F)(F)F)cc1F. The molecule has 1 rings (SSSR count). The molecule has 0 aliphatic rings. The van der Waals surface area contributed by atoms with E-state index < -0.39 is 29.7 Å². The maximum Gasteiger partial charge on any atom is 0.441 e. The van der Waals surface area contributed by atoms with Gasteiger partial charge in [0, 0.05) is 5.75 Å². The normalized spacial score (nSPS) is 11.3. The Hall–Kier alpha value is -1.44. The molecule has 0 heterocycles. The number of nitrogens with two attached hydrogens (primary N) is 1. The zero-order valence-corrected chi connectivity index (χ0v) is 9.78. The van der Waals surface area contributed by atoms with E-state index in [4.69, 9.17) is 5.73 Å². The van der Waals surface area contributed by atoms with Crippen molar-refractivity contribution in [2.24, 2.45) is 0 Å². The van der Waals surface area contributed by atoms with E-state index in [1.807, 2.05) is 0 Å². The quantitative estimate of drug-likeness (QED) is 0.399. The van der Waals surface area contributed by atoms with Crippen LogP contribution in [0.15, 0.2) is 18.2 Å². The van der Waals surface area contributed by atoms with Crippen LogP contribution in [0.2, 0.25) is 0 Å². The van der Waals surface area contributed by atoms with Gasteiger partial charge in [0.15, 0.2) is 0 Å². The molecule has 0 amide bonds. The highest BCUT2D eigenvalue weighted by Crippen LogP contribution is 2.29. The van der Waals surface area contributed by atoms with Crippen molar-refractivity contribution in [2.45, 2.75) is 5.51 Å². The molecule has 0 aliphatic carbocycles. The molecule has 3 nitrogen and oxygen atoms in total. The highest BCUT2D eigenvalue weighted by atomic mass is 32.2. The van der Waals surface area contributed by atoms with E-state index in [0.717, 1.165) is 6.07 Å². The smallest absolute Gasteiger partial charge is 0.441 e. The second kappa shape index (κ2) is 5.94. The summed E-state index contributed by atoms with van der Waals surface area (Å²) in [6.07, 6.45) is 0. The van der Waals surface area contributed by atoms with Crippen LogP contribution in [0, 0.1) is 5.82 Å². The molecule has 0 bridgehead atoms. The Morgan fingerprint density at radius 3 is 2.61 bits per heavy atom. The minimum atomic E-state index is -4.36. The maximum atomic E-state index is 13.0. The van der Waals surface area contributed by atoms with E-state index in [1.54, 1.807) is 0 Å². The monoisotopic (exact) mass is 283 g/mol. The molecule has 8 heteroatoms. The standard InChI is InChI=1S/C10H9F4NO2S/c11-7-5-6(1-2-8(7)15)9(16)17-3-4-18-10(12,13)14/h1-2,5H,3-4,15H2. The Kier molecular flexibility index (Phi) is 4.83. The van der Waals surface area contributed by atoms with Crippen LogP contribution in [0.4, 0.5) is 23.2 Å². The number of benzene rings is 1. The lowest BCUT2D eigenvalue weighted by molar-refractivity contribution is -0.0331. The van der Waals surface area contributed by atoms with Gasteiger partial charge < -0.3 is 10.5 Å². The molecule has 0 saturated carbocycles. The van der Waals surface area contributed by atoms with Crippen LogP contribution in [0.3, 0.4) is 0 Å². The second-order valence-corrected chi connectivity index (χ2v) is 4.33. The number of hydrogen-bond donors (Lipinski definition) is 1. The van der Waals surface area contributed by atoms with Crippen LogP contribution >= 0.6 is 11.8 Å². The molecular formula is C10H9F4NO2S. The molecule has 0 aromatic heterocycles. The van der Waals surface area contributed by atoms with Crippen molar-refractivity contribution in [2.75, 3.05) is 18.1 Å². The van der Waals surface area contributed by atoms with Crippen LogP contribution < -0.4 is 5.73 Å². The van der Waals surface area contributed by atoms with E-state index in [1.165, 1.54) is 12.1 Å². The van der Waals surface area contributed by atoms with E-state index in [9.17, 15) is 22.4 Å². The van der Waals surface area contributed by atoms with Crippen molar-refractivity contribution in [3.05, 3.63) is 29.6 Å². The number of carbonyl (C=O) groups excluding carboxylic acids is 1. The summed E-state index contributed by atoms with van der Waals surface area (Å²) in [6, 6.07) is 3.28. The van der Waals surface area contributed by atoms with Gasteiger partial charge in [0.1, 0.15) is 12.4 Å². The Labute approximate surface area is 104 Å². The third-order valence-electron chi connectivity index (χ3n) is 1.82. The first kappa shape index (κ1) is 14.6. The van der Waals surface area contributed by atoms with Crippen LogP contribution in [-0.2, 0) is 4.74 Å². The van der Waals surface area contributed by atoms with Crippen molar-refractivity contribution in [3.8, 4) is 0 Å². The summed E-state index contributed by atoms with van der Waals surface area (Å²) in [5, 5.41) is 0. The zero-order valence-electron chi connectivity index (χ0n) is 8.96. The fourth-order valence-corrected chi connectivity index (χ4v) is 1.43. The number of thioether (sulfide) groups is 1. The lowest BCUT2D eigenvalue weighted by Crippen LogP contribution is -2.11. The van der Waals surface area contributed by atoms with Crippen molar-refractivity contribution >= 4 is 23.4 Å². The number of alkyl halides is 3. The van der Waals surface area contributed by atoms with E-state index in [0.29, 0.717) is 0 Å². The fourth-order valence-electron chi connectivity index (χ4n) is 1.03. The summed E-state index contributed by atoms with van der Waals surface area (Å²) in [7, 11) is 0. The molecule has 0 unspecified atom stereocenters. The molecule has 1 aromatic rings. The number of esters is 1. The summed E-state index contributed by atoms with van der Waals surface area (Å²) in [4.78, 5) is 11.3. The van der Waals surface area contributed by atoms with Crippen molar-refractivity contribution < 1.29 is 27.1 Å². The second-order valence-electron chi connectivity index (χ2n) is 3.17. The van der Waals surface area contributed by atoms with Crippen molar-refractivity contribution in [1.29, 1.82) is 0 Å². The molecule has 0 atom stereocenters. The molecule has 2 N–H and O–H groups in total. The first-order chi connectivity index (χ1) is 8.29. The Morgan fingerprint density at radius 2 is 2.06 bits per heavy atom. The Morgan fingerprint density at radius 1 is 1.39 bits per heavy atom. The lowest BCUT2D eigenvalue weighted by Gasteiger charge is -2.07. The molecule has 18 heavy (non-hydrogen) atoms. The number of carbonyl (C=O) groups is 1. The number of hydrogen-bond acceptors (Lipinski definition) is 4. The molecule has 100 valence electrons. The number of rotatable bonds is 4. The summed E-state index contributed by atoms with van der Waals surface area (Å²) in [5.74, 6) is -2.09. The van der Waals surface area contributed by atoms with E-state index in [2.05, 4.69) is 4.74 Å². The van der Waals surface area contributed by atoms with Crippen LogP contribution in [0.25, 0.3) is 0 Å². The predicted octanol–water partition coefficient (Wildman–Crippen LogP) is 2.82. The first-order valence-corrected chi connectivity index (χ1v) is 5.71. The highest BCUT2D eigenvalue weighted by molar-refractivity contribution is 8.00. The van der Waals surface area contributed by atoms with Gasteiger partial charge in [0.2, 0.25) is 0 Å². The zero-order chi connectivity index (χ0) is 13.8. The largest absolute Gasteiger partial charge is 0.461 e. The van der Waals surface area contributed by atoms with Crippen molar-refractivity contribution in [1.82, 2.24) is 0 Å². The average Bonchev–Trinajstić information content (AvgIpc) is 2.26. The third kappa shape index (κ3) is 4.82. The Bertz CT molecular complexity index is 436. The molecule has 1 aromatic carbocycles. The summed E-state index contributed by atoms with van der Waals surface area (Å²) >= 11 is -0.295. The topological polar surface area (TPSA) is 52.3 Å². The van der Waals surface area contributed by atoms with Gasteiger partial charge in [-0.1, -0.05) is 0 Å². The van der Waals surface area contributed by atoms with Gasteiger partial charge in [-0.2, -0.15) is 13.2 Å². The van der Waals surface area contributed by atoms with Crippen LogP contribution in [0.1, 0.15) is 10.4 Å². The number of anilines is 1. The fraction of sp³-hybridized carbons (Fsp3) is 0.300. The van der Waals surface area contributed by atoms with Gasteiger partial charge >= 0.3 is 11.5 Å². The van der Waals surface area contributed by atoms with E-state index >= 15 is 0 Å². The van der Waals surface area contributed by atoms with Crippen molar-refractivity contribution in [3.63, 3.8) is 0 Å². The minimum Gasteiger partial charge on any atom is -0.461 e. The van der Waals surface area contributed by atoms with Gasteiger partial charge in [-0.3, -0.25) is 0 Å². The summed E-state index contributed by atoms with van der Waals surface area (Å²) in [5.41, 5.74) is 0.617. The number of halogens is 4. The molecule has 0 saturated heterocycles. The molecule has 0 aliphatic heterocycles. The van der Waals surface area contributed by atoms with Crippen LogP contribution in [-0.4, -0.2) is 23.8 Å². The number of nitrogen functional groups attached to an aromatic ring is 1. The maximum absolute atomic E-state index is 13.0. The molecular weight excluding hydrogens is 274 g/mol. The van der Waals surface area contributed by atoms with Crippen LogP contribution in [0.5, 0.6) is 0 Å². The van der Waals surface area contributed by atoms with E-state index in [-0.39, 0.29) is 23.0 Å². The molecule has 0 spiro atoms. The van der Waals surface area contributed by atoms with Gasteiger partial charge in [0.05, 0.1) is 11.3 Å². The molecule has 0 radical (unpaired) electrons. The summed E-state index contributed by atoms with van der Waals surface area (Å²) < 4.78 is 52.8. The molecule has 0 fully saturated rings. The number of ether oxygens (including phenoxy) is 1. The van der Waals surface area contributed by atoms with Gasteiger partial charge in [-0.25, -0.2) is 9.18 Å².